The maximum absolute atomic E-state index is 13.9. The van der Waals surface area contributed by atoms with Gasteiger partial charge in [0.2, 0.25) is 0 Å². The van der Waals surface area contributed by atoms with Crippen LogP contribution in [0.2, 0.25) is 0 Å². The van der Waals surface area contributed by atoms with Crippen molar-refractivity contribution < 1.29 is 4.39 Å². The first-order chi connectivity index (χ1) is 8.65. The summed E-state index contributed by atoms with van der Waals surface area (Å²) in [6, 6.07) is 7.40. The molecule has 1 aromatic rings. The van der Waals surface area contributed by atoms with E-state index in [9.17, 15) is 4.39 Å². The Morgan fingerprint density at radius 2 is 2.17 bits per heavy atom. The highest BCUT2D eigenvalue weighted by molar-refractivity contribution is 8.00. The fourth-order valence-corrected chi connectivity index (χ4v) is 3.71. The maximum Gasteiger partial charge on any atom is 0.128 e. The third-order valence-electron chi connectivity index (χ3n) is 3.82. The second kappa shape index (κ2) is 6.04. The fourth-order valence-electron chi connectivity index (χ4n) is 2.58. The first-order valence-corrected chi connectivity index (χ1v) is 7.52. The van der Waals surface area contributed by atoms with Gasteiger partial charge in [-0.2, -0.15) is 11.8 Å². The Morgan fingerprint density at radius 1 is 1.44 bits per heavy atom. The first-order valence-electron chi connectivity index (χ1n) is 6.47. The van der Waals surface area contributed by atoms with Crippen molar-refractivity contribution in [3.05, 3.63) is 35.6 Å². The zero-order chi connectivity index (χ0) is 13.1. The molecule has 0 radical (unpaired) electrons. The van der Waals surface area contributed by atoms with Crippen molar-refractivity contribution in [3.8, 4) is 0 Å². The van der Waals surface area contributed by atoms with Gasteiger partial charge >= 0.3 is 0 Å². The van der Waals surface area contributed by atoms with Gasteiger partial charge in [0.25, 0.3) is 0 Å². The summed E-state index contributed by atoms with van der Waals surface area (Å²) < 4.78 is 13.9. The van der Waals surface area contributed by atoms with E-state index in [0.717, 1.165) is 17.9 Å². The number of nitrogens with zero attached hydrogens (tertiary/aromatic N) is 1. The second-order valence-electron chi connectivity index (χ2n) is 4.83. The van der Waals surface area contributed by atoms with Crippen molar-refractivity contribution >= 4 is 11.8 Å². The van der Waals surface area contributed by atoms with Crippen LogP contribution in [0.25, 0.3) is 0 Å². The third kappa shape index (κ3) is 2.71. The largest absolute Gasteiger partial charge is 0.329 e. The Morgan fingerprint density at radius 3 is 2.83 bits per heavy atom. The molecule has 18 heavy (non-hydrogen) atoms. The quantitative estimate of drug-likeness (QED) is 0.914. The summed E-state index contributed by atoms with van der Waals surface area (Å²) in [4.78, 5) is 2.35. The lowest BCUT2D eigenvalue weighted by Crippen LogP contribution is -2.48. The fraction of sp³-hybridized carbons (Fsp3) is 0.571. The molecule has 1 fully saturated rings. The van der Waals surface area contributed by atoms with Crippen LogP contribution in [0.4, 0.5) is 4.39 Å². The summed E-state index contributed by atoms with van der Waals surface area (Å²) in [7, 11) is 0. The number of benzene rings is 1. The third-order valence-corrected chi connectivity index (χ3v) is 5.16. The lowest BCUT2D eigenvalue weighted by molar-refractivity contribution is 0.148. The van der Waals surface area contributed by atoms with Gasteiger partial charge in [-0.25, -0.2) is 4.39 Å². The standard InChI is InChI=1S/C14H21FN2S/c1-10-11(2)18-8-7-17(10)14(9-16)12-5-3-4-6-13(12)15/h3-6,10-11,14H,7-9,16H2,1-2H3. The molecule has 1 aliphatic heterocycles. The SMILES string of the molecule is CC1SCCN(C(CN)c2ccccc2F)C1C. The van der Waals surface area contributed by atoms with Crippen LogP contribution in [-0.2, 0) is 0 Å². The van der Waals surface area contributed by atoms with Crippen molar-refractivity contribution in [2.45, 2.75) is 31.2 Å². The van der Waals surface area contributed by atoms with Gasteiger partial charge in [-0.15, -0.1) is 0 Å². The van der Waals surface area contributed by atoms with Gasteiger partial charge in [0.05, 0.1) is 6.04 Å². The average Bonchev–Trinajstić information content (AvgIpc) is 2.37. The highest BCUT2D eigenvalue weighted by Gasteiger charge is 2.31. The van der Waals surface area contributed by atoms with Crippen LogP contribution in [0.1, 0.15) is 25.5 Å². The van der Waals surface area contributed by atoms with Gasteiger partial charge in [-0.1, -0.05) is 25.1 Å². The van der Waals surface area contributed by atoms with Crippen molar-refractivity contribution in [1.29, 1.82) is 0 Å². The van der Waals surface area contributed by atoms with E-state index >= 15 is 0 Å². The van der Waals surface area contributed by atoms with E-state index in [1.807, 2.05) is 23.9 Å². The first kappa shape index (κ1) is 13.8. The second-order valence-corrected chi connectivity index (χ2v) is 6.31. The lowest BCUT2D eigenvalue weighted by atomic mass is 10.0. The molecule has 0 saturated carbocycles. The minimum atomic E-state index is -0.147. The molecule has 0 bridgehead atoms. The minimum absolute atomic E-state index is 0.00968. The average molecular weight is 268 g/mol. The number of thioether (sulfide) groups is 1. The Hall–Kier alpha value is -0.580. The number of hydrogen-bond acceptors (Lipinski definition) is 3. The highest BCUT2D eigenvalue weighted by Crippen LogP contribution is 2.32. The summed E-state index contributed by atoms with van der Waals surface area (Å²) in [6.07, 6.45) is 0. The minimum Gasteiger partial charge on any atom is -0.329 e. The van der Waals surface area contributed by atoms with E-state index in [2.05, 4.69) is 18.7 Å². The number of hydrogen-bond donors (Lipinski definition) is 1. The number of halogens is 1. The van der Waals surface area contributed by atoms with E-state index in [1.54, 1.807) is 6.07 Å². The van der Waals surface area contributed by atoms with E-state index in [0.29, 0.717) is 17.8 Å². The van der Waals surface area contributed by atoms with Crippen molar-refractivity contribution in [1.82, 2.24) is 4.90 Å². The van der Waals surface area contributed by atoms with Gasteiger partial charge < -0.3 is 5.73 Å². The molecule has 1 heterocycles. The molecule has 4 heteroatoms. The zero-order valence-corrected chi connectivity index (χ0v) is 11.8. The Labute approximate surface area is 113 Å². The molecule has 1 saturated heterocycles. The van der Waals surface area contributed by atoms with Crippen LogP contribution in [-0.4, -0.2) is 35.0 Å². The van der Waals surface area contributed by atoms with Gasteiger partial charge in [-0.3, -0.25) is 4.90 Å². The van der Waals surface area contributed by atoms with Crippen LogP contribution >= 0.6 is 11.8 Å². The molecule has 2 N–H and O–H groups in total. The summed E-state index contributed by atoms with van der Waals surface area (Å²) >= 11 is 1.98. The molecule has 0 aromatic heterocycles. The summed E-state index contributed by atoms with van der Waals surface area (Å²) in [6.45, 7) is 5.88. The van der Waals surface area contributed by atoms with E-state index < -0.39 is 0 Å². The Bertz CT molecular complexity index is 399. The highest BCUT2D eigenvalue weighted by atomic mass is 32.2. The summed E-state index contributed by atoms with van der Waals surface area (Å²) in [5.74, 6) is 0.947. The molecule has 100 valence electrons. The van der Waals surface area contributed by atoms with E-state index in [-0.39, 0.29) is 11.9 Å². The van der Waals surface area contributed by atoms with Crippen molar-refractivity contribution in [2.24, 2.45) is 5.73 Å². The molecule has 3 unspecified atom stereocenters. The van der Waals surface area contributed by atoms with E-state index in [4.69, 9.17) is 5.73 Å². The summed E-state index contributed by atoms with van der Waals surface area (Å²) in [5, 5.41) is 0.569. The number of rotatable bonds is 3. The molecule has 3 atom stereocenters. The molecule has 1 aliphatic rings. The van der Waals surface area contributed by atoms with Crippen LogP contribution < -0.4 is 5.73 Å². The molecule has 1 aromatic carbocycles. The Balaban J connectivity index is 2.25. The van der Waals surface area contributed by atoms with Crippen molar-refractivity contribution in [2.75, 3.05) is 18.8 Å². The van der Waals surface area contributed by atoms with E-state index in [1.165, 1.54) is 6.07 Å². The molecule has 2 nitrogen and oxygen atoms in total. The van der Waals surface area contributed by atoms with Gasteiger partial charge in [0.1, 0.15) is 5.82 Å². The smallest absolute Gasteiger partial charge is 0.128 e. The van der Waals surface area contributed by atoms with Crippen molar-refractivity contribution in [3.63, 3.8) is 0 Å². The van der Waals surface area contributed by atoms with Crippen LogP contribution in [0.15, 0.2) is 24.3 Å². The molecular formula is C14H21FN2S. The van der Waals surface area contributed by atoms with Crippen LogP contribution in [0, 0.1) is 5.82 Å². The zero-order valence-electron chi connectivity index (χ0n) is 11.0. The maximum atomic E-state index is 13.9. The van der Waals surface area contributed by atoms with Crippen LogP contribution in [0.5, 0.6) is 0 Å². The van der Waals surface area contributed by atoms with Gasteiger partial charge in [0, 0.05) is 35.7 Å². The molecule has 0 amide bonds. The van der Waals surface area contributed by atoms with Gasteiger partial charge in [0.15, 0.2) is 0 Å². The number of nitrogens with two attached hydrogens (primary N) is 1. The Kier molecular flexibility index (Phi) is 4.65. The monoisotopic (exact) mass is 268 g/mol. The molecular weight excluding hydrogens is 247 g/mol. The lowest BCUT2D eigenvalue weighted by Gasteiger charge is -2.42. The van der Waals surface area contributed by atoms with Gasteiger partial charge in [-0.05, 0) is 13.0 Å². The molecule has 0 aliphatic carbocycles. The predicted octanol–water partition coefficient (Wildman–Crippen LogP) is 2.65. The normalized spacial score (nSPS) is 27.1. The predicted molar refractivity (Wildman–Crippen MR) is 76.3 cm³/mol. The van der Waals surface area contributed by atoms with Crippen LogP contribution in [0.3, 0.4) is 0 Å². The summed E-state index contributed by atoms with van der Waals surface area (Å²) in [5.41, 5.74) is 6.62. The topological polar surface area (TPSA) is 29.3 Å². The molecule has 0 spiro atoms. The molecule has 2 rings (SSSR count).